The molecule has 0 saturated carbocycles. The third kappa shape index (κ3) is 4.00. The van der Waals surface area contributed by atoms with E-state index < -0.39 is 0 Å². The van der Waals surface area contributed by atoms with Crippen molar-refractivity contribution < 1.29 is 9.53 Å². The van der Waals surface area contributed by atoms with Gasteiger partial charge in [-0.25, -0.2) is 4.68 Å². The van der Waals surface area contributed by atoms with Crippen molar-refractivity contribution in [1.29, 1.82) is 0 Å². The molecule has 5 nitrogen and oxygen atoms in total. The van der Waals surface area contributed by atoms with E-state index in [2.05, 4.69) is 10.00 Å². The van der Waals surface area contributed by atoms with Crippen LogP contribution in [0.4, 0.5) is 0 Å². The molecule has 0 amide bonds. The van der Waals surface area contributed by atoms with Crippen LogP contribution < -0.4 is 4.74 Å². The lowest BCUT2D eigenvalue weighted by Crippen LogP contribution is -2.25. The van der Waals surface area contributed by atoms with Crippen LogP contribution in [0, 0.1) is 6.92 Å². The molecule has 1 saturated heterocycles. The first-order valence-corrected chi connectivity index (χ1v) is 9.14. The van der Waals surface area contributed by atoms with Crippen molar-refractivity contribution >= 4 is 29.0 Å². The average molecular weight is 382 g/mol. The minimum absolute atomic E-state index is 0.0695. The van der Waals surface area contributed by atoms with Crippen molar-refractivity contribution in [2.45, 2.75) is 26.7 Å². The SMILES string of the molecule is CC(=O)c1c(OCCN2CCCC2)nn(-c2ccc(Cl)c(Cl)c2)c1C. The number of carbonyl (C=O) groups is 1. The lowest BCUT2D eigenvalue weighted by atomic mass is 10.2. The molecule has 2 heterocycles. The van der Waals surface area contributed by atoms with Gasteiger partial charge in [-0.05, 0) is 58.0 Å². The molecule has 0 atom stereocenters. The summed E-state index contributed by atoms with van der Waals surface area (Å²) in [4.78, 5) is 14.4. The Labute approximate surface area is 157 Å². The normalized spacial score (nSPS) is 14.9. The zero-order valence-electron chi connectivity index (χ0n) is 14.4. The molecule has 1 fully saturated rings. The minimum atomic E-state index is -0.0695. The highest BCUT2D eigenvalue weighted by atomic mass is 35.5. The lowest BCUT2D eigenvalue weighted by molar-refractivity contribution is 0.101. The number of rotatable bonds is 6. The standard InChI is InChI=1S/C18H21Cl2N3O2/c1-12-17(13(2)24)18(25-10-9-22-7-3-4-8-22)21-23(12)14-5-6-15(19)16(20)11-14/h5-6,11H,3-4,7-10H2,1-2H3. The van der Waals surface area contributed by atoms with Crippen molar-refractivity contribution in [2.24, 2.45) is 0 Å². The average Bonchev–Trinajstić information content (AvgIpc) is 3.18. The molecule has 0 spiro atoms. The van der Waals surface area contributed by atoms with Gasteiger partial charge in [-0.2, -0.15) is 0 Å². The van der Waals surface area contributed by atoms with E-state index in [4.69, 9.17) is 27.9 Å². The molecular formula is C18H21Cl2N3O2. The van der Waals surface area contributed by atoms with Gasteiger partial charge in [0.2, 0.25) is 5.88 Å². The van der Waals surface area contributed by atoms with Gasteiger partial charge in [0.05, 0.1) is 21.4 Å². The minimum Gasteiger partial charge on any atom is -0.475 e. The molecule has 1 aromatic carbocycles. The molecule has 0 N–H and O–H groups in total. The van der Waals surface area contributed by atoms with Crippen LogP contribution in [0.3, 0.4) is 0 Å². The fraction of sp³-hybridized carbons (Fsp3) is 0.444. The maximum Gasteiger partial charge on any atom is 0.244 e. The van der Waals surface area contributed by atoms with E-state index in [1.165, 1.54) is 19.8 Å². The number of Topliss-reactive ketones (excluding diaryl/α,β-unsaturated/α-hetero) is 1. The van der Waals surface area contributed by atoms with Crippen molar-refractivity contribution in [3.8, 4) is 11.6 Å². The van der Waals surface area contributed by atoms with E-state index in [0.717, 1.165) is 31.0 Å². The van der Waals surface area contributed by atoms with E-state index in [-0.39, 0.29) is 5.78 Å². The first-order chi connectivity index (χ1) is 12.0. The van der Waals surface area contributed by atoms with Crippen molar-refractivity contribution in [3.05, 3.63) is 39.5 Å². The third-order valence-corrected chi connectivity index (χ3v) is 5.17. The number of ketones is 1. The molecular weight excluding hydrogens is 361 g/mol. The Morgan fingerprint density at radius 1 is 1.24 bits per heavy atom. The predicted octanol–water partition coefficient (Wildman–Crippen LogP) is 4.16. The Balaban J connectivity index is 1.84. The summed E-state index contributed by atoms with van der Waals surface area (Å²) in [6, 6.07) is 5.25. The number of halogens is 2. The highest BCUT2D eigenvalue weighted by Gasteiger charge is 2.21. The van der Waals surface area contributed by atoms with E-state index in [1.807, 2.05) is 13.0 Å². The van der Waals surface area contributed by atoms with Crippen LogP contribution in [-0.2, 0) is 0 Å². The van der Waals surface area contributed by atoms with Crippen LogP contribution in [0.5, 0.6) is 5.88 Å². The molecule has 0 unspecified atom stereocenters. The Morgan fingerprint density at radius 3 is 2.60 bits per heavy atom. The Bertz CT molecular complexity index is 783. The van der Waals surface area contributed by atoms with Crippen LogP contribution in [0.2, 0.25) is 10.0 Å². The van der Waals surface area contributed by atoms with E-state index in [9.17, 15) is 4.79 Å². The van der Waals surface area contributed by atoms with E-state index >= 15 is 0 Å². The number of carbonyl (C=O) groups excluding carboxylic acids is 1. The zero-order chi connectivity index (χ0) is 18.0. The summed E-state index contributed by atoms with van der Waals surface area (Å²) in [5, 5.41) is 5.41. The Kier molecular flexibility index (Phi) is 5.67. The quantitative estimate of drug-likeness (QED) is 0.704. The summed E-state index contributed by atoms with van der Waals surface area (Å²) in [6.45, 7) is 6.95. The van der Waals surface area contributed by atoms with Gasteiger partial charge < -0.3 is 4.74 Å². The van der Waals surface area contributed by atoms with Gasteiger partial charge in [-0.3, -0.25) is 9.69 Å². The van der Waals surface area contributed by atoms with Gasteiger partial charge in [0.15, 0.2) is 5.78 Å². The van der Waals surface area contributed by atoms with Crippen LogP contribution in [0.25, 0.3) is 5.69 Å². The van der Waals surface area contributed by atoms with Gasteiger partial charge in [0.25, 0.3) is 0 Å². The third-order valence-electron chi connectivity index (χ3n) is 4.43. The summed E-state index contributed by atoms with van der Waals surface area (Å²) in [5.41, 5.74) is 1.97. The highest BCUT2D eigenvalue weighted by Crippen LogP contribution is 2.28. The topological polar surface area (TPSA) is 47.4 Å². The van der Waals surface area contributed by atoms with Crippen LogP contribution in [-0.4, -0.2) is 46.7 Å². The second-order valence-corrected chi connectivity index (χ2v) is 7.04. The monoisotopic (exact) mass is 381 g/mol. The molecule has 134 valence electrons. The summed E-state index contributed by atoms with van der Waals surface area (Å²) < 4.78 is 7.51. The smallest absolute Gasteiger partial charge is 0.244 e. The van der Waals surface area contributed by atoms with E-state index in [0.29, 0.717) is 28.1 Å². The fourth-order valence-corrected chi connectivity index (χ4v) is 3.42. The summed E-state index contributed by atoms with van der Waals surface area (Å²) in [6.07, 6.45) is 2.48. The van der Waals surface area contributed by atoms with Crippen molar-refractivity contribution in [3.63, 3.8) is 0 Å². The molecule has 0 aliphatic carbocycles. The fourth-order valence-electron chi connectivity index (χ4n) is 3.13. The number of nitrogens with zero attached hydrogens (tertiary/aromatic N) is 3. The van der Waals surface area contributed by atoms with Gasteiger partial charge in [0.1, 0.15) is 12.2 Å². The molecule has 25 heavy (non-hydrogen) atoms. The molecule has 1 aromatic heterocycles. The highest BCUT2D eigenvalue weighted by molar-refractivity contribution is 6.42. The van der Waals surface area contributed by atoms with Gasteiger partial charge in [-0.1, -0.05) is 23.2 Å². The zero-order valence-corrected chi connectivity index (χ0v) is 15.9. The lowest BCUT2D eigenvalue weighted by Gasteiger charge is -2.14. The van der Waals surface area contributed by atoms with Crippen LogP contribution >= 0.6 is 23.2 Å². The first-order valence-electron chi connectivity index (χ1n) is 8.38. The molecule has 7 heteroatoms. The summed E-state index contributed by atoms with van der Waals surface area (Å²) in [7, 11) is 0. The predicted molar refractivity (Wildman–Crippen MR) is 99.5 cm³/mol. The molecule has 0 radical (unpaired) electrons. The number of likely N-dealkylation sites (tertiary alicyclic amines) is 1. The molecule has 2 aromatic rings. The molecule has 3 rings (SSSR count). The maximum absolute atomic E-state index is 12.1. The second-order valence-electron chi connectivity index (χ2n) is 6.23. The van der Waals surface area contributed by atoms with Gasteiger partial charge in [-0.15, -0.1) is 5.10 Å². The van der Waals surface area contributed by atoms with Gasteiger partial charge in [0, 0.05) is 6.54 Å². The maximum atomic E-state index is 12.1. The number of hydrogen-bond donors (Lipinski definition) is 0. The summed E-state index contributed by atoms with van der Waals surface area (Å²) in [5.74, 6) is 0.301. The largest absolute Gasteiger partial charge is 0.475 e. The van der Waals surface area contributed by atoms with E-state index in [1.54, 1.807) is 16.8 Å². The first kappa shape index (κ1) is 18.2. The number of ether oxygens (including phenoxy) is 1. The number of benzene rings is 1. The van der Waals surface area contributed by atoms with Crippen LogP contribution in [0.15, 0.2) is 18.2 Å². The van der Waals surface area contributed by atoms with Crippen molar-refractivity contribution in [1.82, 2.24) is 14.7 Å². The number of aromatic nitrogens is 2. The number of hydrogen-bond acceptors (Lipinski definition) is 4. The Morgan fingerprint density at radius 2 is 1.96 bits per heavy atom. The molecule has 1 aliphatic rings. The van der Waals surface area contributed by atoms with Gasteiger partial charge >= 0.3 is 0 Å². The van der Waals surface area contributed by atoms with Crippen LogP contribution in [0.1, 0.15) is 35.8 Å². The second kappa shape index (κ2) is 7.77. The Hall–Kier alpha value is -1.56. The summed E-state index contributed by atoms with van der Waals surface area (Å²) >= 11 is 12.1. The molecule has 0 bridgehead atoms. The van der Waals surface area contributed by atoms with Crippen molar-refractivity contribution in [2.75, 3.05) is 26.2 Å². The molecule has 1 aliphatic heterocycles.